The van der Waals surface area contributed by atoms with E-state index in [2.05, 4.69) is 12.1 Å². The lowest BCUT2D eigenvalue weighted by Gasteiger charge is -2.40. The molecule has 1 saturated heterocycles. The Hall–Kier alpha value is -1.39. The molecule has 0 radical (unpaired) electrons. The summed E-state index contributed by atoms with van der Waals surface area (Å²) < 4.78 is 16.8. The Labute approximate surface area is 126 Å². The Balaban J connectivity index is 1.87. The first kappa shape index (κ1) is 16.0. The Morgan fingerprint density at radius 3 is 2.57 bits per heavy atom. The van der Waals surface area contributed by atoms with E-state index in [1.165, 1.54) is 12.5 Å². The van der Waals surface area contributed by atoms with E-state index in [1.54, 1.807) is 0 Å². The lowest BCUT2D eigenvalue weighted by atomic mass is 10.0. The van der Waals surface area contributed by atoms with Gasteiger partial charge in [0.1, 0.15) is 6.61 Å². The third-order valence-corrected chi connectivity index (χ3v) is 3.50. The van der Waals surface area contributed by atoms with Crippen LogP contribution in [0.15, 0.2) is 30.3 Å². The monoisotopic (exact) mass is 292 g/mol. The summed E-state index contributed by atoms with van der Waals surface area (Å²) in [4.78, 5) is 10.9. The second-order valence-electron chi connectivity index (χ2n) is 5.94. The Morgan fingerprint density at radius 2 is 1.90 bits per heavy atom. The van der Waals surface area contributed by atoms with Crippen LogP contribution < -0.4 is 0 Å². The van der Waals surface area contributed by atoms with Crippen LogP contribution >= 0.6 is 0 Å². The summed E-state index contributed by atoms with van der Waals surface area (Å²) in [6.45, 7) is 5.52. The molecular weight excluding hydrogens is 268 g/mol. The fourth-order valence-electron chi connectivity index (χ4n) is 2.68. The number of hydrogen-bond acceptors (Lipinski definition) is 4. The van der Waals surface area contributed by atoms with Crippen molar-refractivity contribution >= 4 is 5.97 Å². The molecule has 2 rings (SSSR count). The number of rotatable bonds is 5. The minimum Gasteiger partial charge on any atom is -0.463 e. The molecular formula is C17H24O4. The fourth-order valence-corrected chi connectivity index (χ4v) is 2.68. The lowest BCUT2D eigenvalue weighted by Crippen LogP contribution is -2.46. The second kappa shape index (κ2) is 7.05. The van der Waals surface area contributed by atoms with Gasteiger partial charge >= 0.3 is 5.97 Å². The quantitative estimate of drug-likeness (QED) is 0.782. The molecule has 1 aromatic rings. The van der Waals surface area contributed by atoms with Gasteiger partial charge in [0.05, 0.1) is 12.2 Å². The van der Waals surface area contributed by atoms with E-state index >= 15 is 0 Å². The van der Waals surface area contributed by atoms with Crippen LogP contribution in [-0.4, -0.2) is 30.6 Å². The molecule has 4 nitrogen and oxygen atoms in total. The summed E-state index contributed by atoms with van der Waals surface area (Å²) in [6.07, 6.45) is 2.69. The average Bonchev–Trinajstić information content (AvgIpc) is 2.42. The number of carbonyl (C=O) groups excluding carboxylic acids is 1. The molecule has 1 aliphatic heterocycles. The smallest absolute Gasteiger partial charge is 0.302 e. The summed E-state index contributed by atoms with van der Waals surface area (Å²) in [7, 11) is 0. The molecule has 0 aliphatic carbocycles. The van der Waals surface area contributed by atoms with Crippen LogP contribution in [0, 0.1) is 0 Å². The fraction of sp³-hybridized carbons (Fsp3) is 0.588. The van der Waals surface area contributed by atoms with Crippen LogP contribution in [0.3, 0.4) is 0 Å². The van der Waals surface area contributed by atoms with Crippen molar-refractivity contribution in [3.8, 4) is 0 Å². The zero-order chi connectivity index (χ0) is 15.3. The Kier molecular flexibility index (Phi) is 5.37. The van der Waals surface area contributed by atoms with Gasteiger partial charge in [0.2, 0.25) is 0 Å². The van der Waals surface area contributed by atoms with Crippen molar-refractivity contribution in [1.29, 1.82) is 0 Å². The molecule has 0 saturated carbocycles. The van der Waals surface area contributed by atoms with Crippen LogP contribution in [-0.2, 0) is 25.4 Å². The lowest BCUT2D eigenvalue weighted by molar-refractivity contribution is -0.305. The zero-order valence-corrected chi connectivity index (χ0v) is 13.0. The highest BCUT2D eigenvalue weighted by Crippen LogP contribution is 2.29. The maximum Gasteiger partial charge on any atom is 0.302 e. The van der Waals surface area contributed by atoms with E-state index in [4.69, 9.17) is 14.2 Å². The first-order valence-corrected chi connectivity index (χ1v) is 7.47. The van der Waals surface area contributed by atoms with E-state index in [9.17, 15) is 4.79 Å². The number of ether oxygens (including phenoxy) is 3. The molecule has 0 amide bonds. The summed E-state index contributed by atoms with van der Waals surface area (Å²) >= 11 is 0. The van der Waals surface area contributed by atoms with Gasteiger partial charge in [0, 0.05) is 13.3 Å². The first-order chi connectivity index (χ1) is 9.94. The van der Waals surface area contributed by atoms with Crippen molar-refractivity contribution < 1.29 is 19.0 Å². The molecule has 21 heavy (non-hydrogen) atoms. The summed E-state index contributed by atoms with van der Waals surface area (Å²) in [5, 5.41) is 0. The van der Waals surface area contributed by atoms with Gasteiger partial charge in [0.25, 0.3) is 0 Å². The second-order valence-corrected chi connectivity index (χ2v) is 5.94. The van der Waals surface area contributed by atoms with Crippen molar-refractivity contribution in [3.05, 3.63) is 35.9 Å². The van der Waals surface area contributed by atoms with Crippen molar-refractivity contribution in [2.75, 3.05) is 6.61 Å². The van der Waals surface area contributed by atoms with Gasteiger partial charge < -0.3 is 14.2 Å². The summed E-state index contributed by atoms with van der Waals surface area (Å²) in [6, 6.07) is 10.4. The third kappa shape index (κ3) is 5.48. The van der Waals surface area contributed by atoms with E-state index < -0.39 is 5.79 Å². The molecule has 0 aromatic heterocycles. The minimum absolute atomic E-state index is 0.0987. The zero-order valence-electron chi connectivity index (χ0n) is 13.0. The molecule has 0 N–H and O–H groups in total. The van der Waals surface area contributed by atoms with E-state index in [1.807, 2.05) is 32.0 Å². The summed E-state index contributed by atoms with van der Waals surface area (Å²) in [5.74, 6) is -0.909. The maximum atomic E-state index is 10.9. The predicted molar refractivity (Wildman–Crippen MR) is 79.8 cm³/mol. The van der Waals surface area contributed by atoms with Gasteiger partial charge in [-0.15, -0.1) is 0 Å². The van der Waals surface area contributed by atoms with Gasteiger partial charge in [-0.1, -0.05) is 30.3 Å². The molecule has 4 heteroatoms. The normalized spacial score (nSPS) is 24.5. The number of hydrogen-bond donors (Lipinski definition) is 0. The van der Waals surface area contributed by atoms with E-state index in [0.717, 1.165) is 19.3 Å². The van der Waals surface area contributed by atoms with Crippen molar-refractivity contribution in [2.24, 2.45) is 0 Å². The largest absolute Gasteiger partial charge is 0.463 e. The highest BCUT2D eigenvalue weighted by molar-refractivity contribution is 5.65. The molecule has 1 aromatic carbocycles. The van der Waals surface area contributed by atoms with Crippen molar-refractivity contribution in [3.63, 3.8) is 0 Å². The van der Waals surface area contributed by atoms with Crippen LogP contribution in [0.5, 0.6) is 0 Å². The van der Waals surface area contributed by atoms with Crippen LogP contribution in [0.4, 0.5) is 0 Å². The topological polar surface area (TPSA) is 44.8 Å². The van der Waals surface area contributed by atoms with Gasteiger partial charge in [-0.05, 0) is 32.3 Å². The predicted octanol–water partition coefficient (Wildman–Crippen LogP) is 3.09. The number of aryl methyl sites for hydroxylation is 1. The Morgan fingerprint density at radius 1 is 1.24 bits per heavy atom. The number of carbonyl (C=O) groups is 1. The number of benzene rings is 1. The third-order valence-electron chi connectivity index (χ3n) is 3.50. The minimum atomic E-state index is -0.635. The molecule has 0 bridgehead atoms. The highest BCUT2D eigenvalue weighted by atomic mass is 16.7. The molecule has 1 fully saturated rings. The molecule has 1 aliphatic rings. The number of esters is 1. The van der Waals surface area contributed by atoms with Crippen LogP contribution in [0.1, 0.15) is 39.2 Å². The van der Waals surface area contributed by atoms with Crippen molar-refractivity contribution in [1.82, 2.24) is 0 Å². The molecule has 116 valence electrons. The van der Waals surface area contributed by atoms with Crippen LogP contribution in [0.25, 0.3) is 0 Å². The van der Waals surface area contributed by atoms with E-state index in [-0.39, 0.29) is 18.2 Å². The standard InChI is InChI=1S/C17H24O4/c1-13(18)19-12-16-11-15(20-17(2,3)21-16)10-9-14-7-5-4-6-8-14/h4-8,15-16H,9-12H2,1-3H3/t15-,16-/m0/s1. The SMILES string of the molecule is CC(=O)OC[C@@H]1C[C@H](CCc2ccccc2)OC(C)(C)O1. The van der Waals surface area contributed by atoms with Crippen molar-refractivity contribution in [2.45, 2.75) is 58.0 Å². The van der Waals surface area contributed by atoms with Gasteiger partial charge in [-0.2, -0.15) is 0 Å². The maximum absolute atomic E-state index is 10.9. The first-order valence-electron chi connectivity index (χ1n) is 7.47. The Bertz CT molecular complexity index is 455. The summed E-state index contributed by atoms with van der Waals surface area (Å²) in [5.41, 5.74) is 1.31. The molecule has 2 atom stereocenters. The average molecular weight is 292 g/mol. The highest BCUT2D eigenvalue weighted by Gasteiger charge is 2.35. The van der Waals surface area contributed by atoms with Crippen LogP contribution in [0.2, 0.25) is 0 Å². The van der Waals surface area contributed by atoms with E-state index in [0.29, 0.717) is 6.61 Å². The van der Waals surface area contributed by atoms with Gasteiger partial charge in [-0.3, -0.25) is 4.79 Å². The molecule has 0 spiro atoms. The molecule has 1 heterocycles. The van der Waals surface area contributed by atoms with Gasteiger partial charge in [-0.25, -0.2) is 0 Å². The molecule has 0 unspecified atom stereocenters. The van der Waals surface area contributed by atoms with Gasteiger partial charge in [0.15, 0.2) is 5.79 Å².